The number of nitrogens with one attached hydrogen (secondary N) is 1. The zero-order valence-electron chi connectivity index (χ0n) is 24.4. The number of piperazine rings is 1. The molecule has 0 saturated carbocycles. The van der Waals surface area contributed by atoms with E-state index in [1.54, 1.807) is 17.0 Å². The average Bonchev–Trinajstić information content (AvgIpc) is 3.32. The van der Waals surface area contributed by atoms with E-state index in [1.165, 1.54) is 17.2 Å². The number of benzene rings is 4. The fourth-order valence-corrected chi connectivity index (χ4v) is 6.75. The van der Waals surface area contributed by atoms with Gasteiger partial charge in [0.25, 0.3) is 5.91 Å². The first kappa shape index (κ1) is 27.8. The van der Waals surface area contributed by atoms with Crippen molar-refractivity contribution in [2.24, 2.45) is 0 Å². The predicted molar refractivity (Wildman–Crippen MR) is 170 cm³/mol. The van der Waals surface area contributed by atoms with E-state index in [0.29, 0.717) is 35.5 Å². The smallest absolute Gasteiger partial charge is 0.259 e. The first-order chi connectivity index (χ1) is 21.4. The lowest BCUT2D eigenvalue weighted by Crippen LogP contribution is -2.51. The van der Waals surface area contributed by atoms with E-state index in [0.717, 1.165) is 61.2 Å². The van der Waals surface area contributed by atoms with E-state index >= 15 is 0 Å². The minimum Gasteiger partial charge on any atom is -0.367 e. The lowest BCUT2D eigenvalue weighted by atomic mass is 9.95. The van der Waals surface area contributed by atoms with E-state index < -0.39 is 6.04 Å². The molecule has 0 spiro atoms. The van der Waals surface area contributed by atoms with Crippen molar-refractivity contribution in [3.8, 4) is 0 Å². The number of piperidine rings is 1. The molecule has 3 aliphatic heterocycles. The van der Waals surface area contributed by atoms with Crippen LogP contribution in [0.3, 0.4) is 0 Å². The highest BCUT2D eigenvalue weighted by molar-refractivity contribution is 6.27. The van der Waals surface area contributed by atoms with Crippen LogP contribution in [0.4, 0.5) is 21.5 Å². The minimum absolute atomic E-state index is 0.122. The quantitative estimate of drug-likeness (QED) is 0.274. The second-order valence-electron chi connectivity index (χ2n) is 11.8. The molecular weight excluding hydrogens is 553 g/mol. The second-order valence-corrected chi connectivity index (χ2v) is 11.8. The van der Waals surface area contributed by atoms with Gasteiger partial charge in [-0.15, -0.1) is 0 Å². The molecule has 2 saturated heterocycles. The van der Waals surface area contributed by atoms with Crippen molar-refractivity contribution >= 4 is 39.6 Å². The molecule has 44 heavy (non-hydrogen) atoms. The van der Waals surface area contributed by atoms with E-state index in [2.05, 4.69) is 62.9 Å². The van der Waals surface area contributed by atoms with Crippen molar-refractivity contribution in [3.05, 3.63) is 125 Å². The Labute approximate surface area is 256 Å². The largest absolute Gasteiger partial charge is 0.367 e. The fraction of sp³-hybridized carbons (Fsp3) is 0.250. The Bertz CT molecular complexity index is 1850. The maximum absolute atomic E-state index is 14.5. The number of carbonyl (C=O) groups is 2. The predicted octanol–water partition coefficient (Wildman–Crippen LogP) is 6.20. The van der Waals surface area contributed by atoms with Gasteiger partial charge in [0.15, 0.2) is 5.69 Å². The lowest BCUT2D eigenvalue weighted by molar-refractivity contribution is -0.122. The van der Waals surface area contributed by atoms with Gasteiger partial charge in [-0.1, -0.05) is 55.1 Å². The molecule has 8 heteroatoms. The summed E-state index contributed by atoms with van der Waals surface area (Å²) in [5, 5.41) is 4.78. The minimum atomic E-state index is -0.539. The number of carbonyl (C=O) groups excluding carboxylic acids is 2. The Morgan fingerprint density at radius 2 is 1.68 bits per heavy atom. The van der Waals surface area contributed by atoms with Crippen LogP contribution in [0.5, 0.6) is 0 Å². The zero-order valence-corrected chi connectivity index (χ0v) is 24.4. The lowest BCUT2D eigenvalue weighted by Gasteiger charge is -2.36. The Morgan fingerprint density at radius 1 is 0.932 bits per heavy atom. The monoisotopic (exact) mass is 585 g/mol. The van der Waals surface area contributed by atoms with Crippen molar-refractivity contribution in [2.75, 3.05) is 36.0 Å². The molecule has 1 N–H and O–H groups in total. The van der Waals surface area contributed by atoms with Crippen molar-refractivity contribution in [1.29, 1.82) is 0 Å². The van der Waals surface area contributed by atoms with Gasteiger partial charge in [0, 0.05) is 49.4 Å². The van der Waals surface area contributed by atoms with Gasteiger partial charge in [-0.05, 0) is 65.6 Å². The third-order valence-corrected chi connectivity index (χ3v) is 9.05. The van der Waals surface area contributed by atoms with Crippen LogP contribution in [0.1, 0.15) is 39.9 Å². The van der Waals surface area contributed by atoms with Crippen LogP contribution >= 0.6 is 0 Å². The number of allylic oxidation sites excluding steroid dienone is 1. The van der Waals surface area contributed by atoms with E-state index in [-0.39, 0.29) is 17.6 Å². The Kier molecular flexibility index (Phi) is 7.11. The molecule has 2 fully saturated rings. The highest BCUT2D eigenvalue weighted by Crippen LogP contribution is 2.41. The summed E-state index contributed by atoms with van der Waals surface area (Å²) in [4.78, 5) is 35.7. The van der Waals surface area contributed by atoms with Gasteiger partial charge in [0.1, 0.15) is 11.9 Å². The van der Waals surface area contributed by atoms with E-state index in [9.17, 15) is 14.0 Å². The summed E-state index contributed by atoms with van der Waals surface area (Å²) in [6, 6.07) is 22.7. The topological polar surface area (TPSA) is 60.2 Å². The molecule has 2 amide bonds. The summed E-state index contributed by atoms with van der Waals surface area (Å²) in [5.41, 5.74) is 6.58. The summed E-state index contributed by atoms with van der Waals surface area (Å²) >= 11 is 0. The maximum atomic E-state index is 14.5. The van der Waals surface area contributed by atoms with E-state index in [4.69, 9.17) is 6.57 Å². The van der Waals surface area contributed by atoms with Crippen LogP contribution in [-0.2, 0) is 17.8 Å². The SMILES string of the molecule is [C-]#[N+]c1ccc(N2CCN(Cc3ccc(Cc4ccc5c6c(cccc46)C(=O)N5[C@H]4CCC(=C)NC4=O)cc3)CC2)c(F)c1. The first-order valence-electron chi connectivity index (χ1n) is 15.0. The molecule has 4 aromatic carbocycles. The van der Waals surface area contributed by atoms with Crippen LogP contribution < -0.4 is 15.1 Å². The molecular formula is C36H32FN5O2. The summed E-state index contributed by atoms with van der Waals surface area (Å²) < 4.78 is 14.5. The molecule has 3 aliphatic rings. The molecule has 0 radical (unpaired) electrons. The second kappa shape index (κ2) is 11.3. The average molecular weight is 586 g/mol. The Balaban J connectivity index is 1.03. The van der Waals surface area contributed by atoms with Crippen molar-refractivity contribution in [3.63, 3.8) is 0 Å². The number of rotatable bonds is 6. The molecule has 7 rings (SSSR count). The van der Waals surface area contributed by atoms with Crippen LogP contribution in [0.15, 0.2) is 85.1 Å². The number of anilines is 2. The molecule has 220 valence electrons. The molecule has 3 heterocycles. The van der Waals surface area contributed by atoms with Crippen LogP contribution in [0.2, 0.25) is 0 Å². The van der Waals surface area contributed by atoms with Crippen LogP contribution in [-0.4, -0.2) is 48.9 Å². The number of hydrogen-bond acceptors (Lipinski definition) is 4. The van der Waals surface area contributed by atoms with Gasteiger partial charge in [0.05, 0.1) is 17.9 Å². The van der Waals surface area contributed by atoms with Gasteiger partial charge < -0.3 is 10.2 Å². The standard InChI is InChI=1S/C36H32FN5O2/c1-23-6-13-33(35(43)39-23)42-32-14-11-26(28-4-3-5-29(34(28)32)36(42)44)20-24-7-9-25(10-8-24)22-40-16-18-41(19-17-40)31-15-12-27(38-2)21-30(31)37/h3-5,7-12,14-15,21,33H,1,6,13,16-20,22H2,(H,39,43)/t33-/m0/s1. The highest BCUT2D eigenvalue weighted by Gasteiger charge is 2.40. The molecule has 0 bridgehead atoms. The molecule has 0 aromatic heterocycles. The van der Waals surface area contributed by atoms with Crippen LogP contribution in [0.25, 0.3) is 15.6 Å². The van der Waals surface area contributed by atoms with Gasteiger partial charge >= 0.3 is 0 Å². The summed E-state index contributed by atoms with van der Waals surface area (Å²) in [6.45, 7) is 14.9. The molecule has 4 aromatic rings. The number of hydrogen-bond donors (Lipinski definition) is 1. The van der Waals surface area contributed by atoms with Crippen molar-refractivity contribution in [1.82, 2.24) is 10.2 Å². The Morgan fingerprint density at radius 3 is 2.41 bits per heavy atom. The van der Waals surface area contributed by atoms with Gasteiger partial charge in [0.2, 0.25) is 5.91 Å². The molecule has 0 aliphatic carbocycles. The van der Waals surface area contributed by atoms with Gasteiger partial charge in [-0.2, -0.15) is 0 Å². The number of nitrogens with zero attached hydrogens (tertiary/aromatic N) is 4. The summed E-state index contributed by atoms with van der Waals surface area (Å²) in [5.74, 6) is -0.638. The summed E-state index contributed by atoms with van der Waals surface area (Å²) in [6.07, 6.45) is 1.95. The maximum Gasteiger partial charge on any atom is 0.259 e. The first-order valence-corrected chi connectivity index (χ1v) is 15.0. The fourth-order valence-electron chi connectivity index (χ4n) is 6.75. The normalized spacial score (nSPS) is 18.5. The van der Waals surface area contributed by atoms with Gasteiger partial charge in [-0.3, -0.25) is 19.4 Å². The third kappa shape index (κ3) is 4.99. The highest BCUT2D eigenvalue weighted by atomic mass is 19.1. The number of amides is 2. The molecule has 1 atom stereocenters. The van der Waals surface area contributed by atoms with E-state index in [1.807, 2.05) is 18.2 Å². The number of halogens is 1. The van der Waals surface area contributed by atoms with Gasteiger partial charge in [-0.25, -0.2) is 9.24 Å². The Hall–Kier alpha value is -5.00. The third-order valence-electron chi connectivity index (χ3n) is 9.05. The van der Waals surface area contributed by atoms with Crippen molar-refractivity contribution in [2.45, 2.75) is 31.8 Å². The summed E-state index contributed by atoms with van der Waals surface area (Å²) in [7, 11) is 0. The van der Waals surface area contributed by atoms with Crippen molar-refractivity contribution < 1.29 is 14.0 Å². The zero-order chi connectivity index (χ0) is 30.4. The molecule has 0 unspecified atom stereocenters. The molecule has 7 nitrogen and oxygen atoms in total. The van der Waals surface area contributed by atoms with Crippen LogP contribution in [0, 0.1) is 12.4 Å².